The first kappa shape index (κ1) is 24.4. The van der Waals surface area contributed by atoms with Gasteiger partial charge in [0, 0.05) is 5.02 Å². The Labute approximate surface area is 189 Å². The fraction of sp³-hybridized carbons (Fsp3) is 0.458. The molecule has 0 saturated carbocycles. The van der Waals surface area contributed by atoms with Crippen LogP contribution in [0, 0.1) is 6.92 Å². The lowest BCUT2D eigenvalue weighted by Gasteiger charge is -2.12. The van der Waals surface area contributed by atoms with Crippen LogP contribution in [0.25, 0.3) is 0 Å². The largest absolute Gasteiger partial charge is 0.504 e. The summed E-state index contributed by atoms with van der Waals surface area (Å²) in [5.41, 5.74) is 1.93. The number of unbranched alkanes of at least 4 members (excludes halogenated alkanes) is 6. The SMILES string of the molecule is CCCCCCCCCc1cccc(OCC(=O)Nc2cc(Cl)c(C)c(Cl)c2O)c1. The number of hydrogen-bond donors (Lipinski definition) is 2. The first-order valence-corrected chi connectivity index (χ1v) is 11.4. The van der Waals surface area contributed by atoms with Gasteiger partial charge in [0.2, 0.25) is 0 Å². The van der Waals surface area contributed by atoms with Crippen molar-refractivity contribution in [3.63, 3.8) is 0 Å². The maximum absolute atomic E-state index is 12.2. The lowest BCUT2D eigenvalue weighted by molar-refractivity contribution is -0.118. The van der Waals surface area contributed by atoms with Gasteiger partial charge in [-0.3, -0.25) is 4.79 Å². The number of benzene rings is 2. The molecule has 30 heavy (non-hydrogen) atoms. The minimum atomic E-state index is -0.404. The number of aryl methyl sites for hydroxylation is 1. The van der Waals surface area contributed by atoms with Crippen molar-refractivity contribution in [2.24, 2.45) is 0 Å². The molecule has 2 rings (SSSR count). The van der Waals surface area contributed by atoms with E-state index in [2.05, 4.69) is 18.3 Å². The van der Waals surface area contributed by atoms with Crippen molar-refractivity contribution in [2.75, 3.05) is 11.9 Å². The molecule has 0 heterocycles. The van der Waals surface area contributed by atoms with E-state index in [1.54, 1.807) is 6.92 Å². The fourth-order valence-electron chi connectivity index (χ4n) is 3.21. The number of halogens is 2. The zero-order valence-electron chi connectivity index (χ0n) is 17.8. The minimum absolute atomic E-state index is 0.122. The first-order chi connectivity index (χ1) is 14.4. The highest BCUT2D eigenvalue weighted by Crippen LogP contribution is 2.38. The third kappa shape index (κ3) is 7.73. The number of nitrogens with one attached hydrogen (secondary N) is 1. The minimum Gasteiger partial charge on any atom is -0.504 e. The molecule has 0 spiro atoms. The third-order valence-corrected chi connectivity index (χ3v) is 5.89. The molecule has 2 aromatic rings. The number of ether oxygens (including phenoxy) is 1. The molecule has 4 nitrogen and oxygen atoms in total. The summed E-state index contributed by atoms with van der Waals surface area (Å²) in [5.74, 6) is 0.0390. The second kappa shape index (κ2) is 12.7. The van der Waals surface area contributed by atoms with Crippen molar-refractivity contribution in [2.45, 2.75) is 65.2 Å². The van der Waals surface area contributed by atoms with Crippen molar-refractivity contribution in [1.29, 1.82) is 0 Å². The maximum Gasteiger partial charge on any atom is 0.262 e. The summed E-state index contributed by atoms with van der Waals surface area (Å²) in [6, 6.07) is 9.30. The highest BCUT2D eigenvalue weighted by atomic mass is 35.5. The van der Waals surface area contributed by atoms with Crippen LogP contribution in [-0.2, 0) is 11.2 Å². The molecule has 6 heteroatoms. The van der Waals surface area contributed by atoms with Crippen molar-refractivity contribution >= 4 is 34.8 Å². The van der Waals surface area contributed by atoms with Crippen LogP contribution in [0.15, 0.2) is 30.3 Å². The Balaban J connectivity index is 1.79. The Bertz CT molecular complexity index is 839. The highest BCUT2D eigenvalue weighted by molar-refractivity contribution is 6.37. The quantitative estimate of drug-likeness (QED) is 0.262. The summed E-state index contributed by atoms with van der Waals surface area (Å²) in [6.07, 6.45) is 9.95. The van der Waals surface area contributed by atoms with E-state index >= 15 is 0 Å². The van der Waals surface area contributed by atoms with Gasteiger partial charge in [-0.25, -0.2) is 0 Å². The Morgan fingerprint density at radius 1 is 1.07 bits per heavy atom. The maximum atomic E-state index is 12.2. The van der Waals surface area contributed by atoms with E-state index < -0.39 is 5.91 Å². The van der Waals surface area contributed by atoms with Gasteiger partial charge >= 0.3 is 0 Å². The average molecular weight is 452 g/mol. The van der Waals surface area contributed by atoms with E-state index in [-0.39, 0.29) is 23.1 Å². The molecule has 164 valence electrons. The lowest BCUT2D eigenvalue weighted by Crippen LogP contribution is -2.20. The van der Waals surface area contributed by atoms with Crippen molar-refractivity contribution in [1.82, 2.24) is 0 Å². The van der Waals surface area contributed by atoms with Crippen molar-refractivity contribution in [3.05, 3.63) is 51.5 Å². The van der Waals surface area contributed by atoms with E-state index in [0.717, 1.165) is 12.8 Å². The van der Waals surface area contributed by atoms with Gasteiger partial charge in [0.25, 0.3) is 5.91 Å². The van der Waals surface area contributed by atoms with Crippen LogP contribution in [0.4, 0.5) is 5.69 Å². The van der Waals surface area contributed by atoms with Gasteiger partial charge in [0.05, 0.1) is 10.7 Å². The van der Waals surface area contributed by atoms with E-state index in [0.29, 0.717) is 16.3 Å². The summed E-state index contributed by atoms with van der Waals surface area (Å²) in [5, 5.41) is 13.2. The number of hydrogen-bond acceptors (Lipinski definition) is 3. The molecule has 0 atom stereocenters. The Morgan fingerprint density at radius 2 is 1.77 bits per heavy atom. The molecule has 0 saturated heterocycles. The standard InChI is InChI=1S/C24H31Cl2NO3/c1-3-4-5-6-7-8-9-11-18-12-10-13-19(14-18)30-16-22(28)27-21-15-20(25)17(2)23(26)24(21)29/h10,12-15,29H,3-9,11,16H2,1-2H3,(H,27,28). The topological polar surface area (TPSA) is 58.6 Å². The summed E-state index contributed by atoms with van der Waals surface area (Å²) < 4.78 is 5.62. The molecule has 0 aliphatic heterocycles. The Hall–Kier alpha value is -1.91. The van der Waals surface area contributed by atoms with E-state index in [4.69, 9.17) is 27.9 Å². The normalized spacial score (nSPS) is 10.8. The van der Waals surface area contributed by atoms with Gasteiger partial charge in [0.1, 0.15) is 5.75 Å². The van der Waals surface area contributed by atoms with Crippen molar-refractivity contribution in [3.8, 4) is 11.5 Å². The van der Waals surface area contributed by atoms with Gasteiger partial charge in [-0.05, 0) is 49.1 Å². The van der Waals surface area contributed by atoms with Gasteiger partial charge in [-0.1, -0.05) is 80.8 Å². The second-order valence-electron chi connectivity index (χ2n) is 7.55. The van der Waals surface area contributed by atoms with Gasteiger partial charge in [-0.2, -0.15) is 0 Å². The summed E-state index contributed by atoms with van der Waals surface area (Å²) in [7, 11) is 0. The van der Waals surface area contributed by atoms with Crippen LogP contribution in [-0.4, -0.2) is 17.6 Å². The summed E-state index contributed by atoms with van der Waals surface area (Å²) in [6.45, 7) is 3.75. The average Bonchev–Trinajstić information content (AvgIpc) is 2.74. The molecule has 0 aliphatic rings. The number of carbonyl (C=O) groups is 1. The number of rotatable bonds is 12. The van der Waals surface area contributed by atoms with Crippen LogP contribution in [0.5, 0.6) is 11.5 Å². The number of anilines is 1. The molecule has 0 aromatic heterocycles. The van der Waals surface area contributed by atoms with Crippen molar-refractivity contribution < 1.29 is 14.6 Å². The van der Waals surface area contributed by atoms with Crippen LogP contribution in [0.1, 0.15) is 63.0 Å². The van der Waals surface area contributed by atoms with Crippen LogP contribution in [0.3, 0.4) is 0 Å². The lowest BCUT2D eigenvalue weighted by atomic mass is 10.0. The van der Waals surface area contributed by atoms with Crippen LogP contribution < -0.4 is 10.1 Å². The molecule has 0 aliphatic carbocycles. The first-order valence-electron chi connectivity index (χ1n) is 10.6. The Morgan fingerprint density at radius 3 is 2.50 bits per heavy atom. The molecule has 2 aromatic carbocycles. The molecule has 2 N–H and O–H groups in total. The monoisotopic (exact) mass is 451 g/mol. The van der Waals surface area contributed by atoms with E-state index in [1.165, 1.54) is 50.2 Å². The molecular weight excluding hydrogens is 421 g/mol. The van der Waals surface area contributed by atoms with E-state index in [9.17, 15) is 9.90 Å². The number of aromatic hydroxyl groups is 1. The van der Waals surface area contributed by atoms with Crippen LogP contribution in [0.2, 0.25) is 10.0 Å². The summed E-state index contributed by atoms with van der Waals surface area (Å²) in [4.78, 5) is 12.2. The Kier molecular flexibility index (Phi) is 10.3. The smallest absolute Gasteiger partial charge is 0.262 e. The highest BCUT2D eigenvalue weighted by Gasteiger charge is 2.15. The number of carbonyl (C=O) groups excluding carboxylic acids is 1. The third-order valence-electron chi connectivity index (χ3n) is 5.03. The van der Waals surface area contributed by atoms with Crippen LogP contribution >= 0.6 is 23.2 Å². The number of phenolic OH excluding ortho intramolecular Hbond substituents is 1. The molecule has 0 fully saturated rings. The molecule has 1 amide bonds. The van der Waals surface area contributed by atoms with Gasteiger partial charge < -0.3 is 15.2 Å². The van der Waals surface area contributed by atoms with E-state index in [1.807, 2.05) is 18.2 Å². The van der Waals surface area contributed by atoms with Gasteiger partial charge in [-0.15, -0.1) is 0 Å². The zero-order chi connectivity index (χ0) is 21.9. The molecular formula is C24H31Cl2NO3. The van der Waals surface area contributed by atoms with Gasteiger partial charge in [0.15, 0.2) is 12.4 Å². The predicted octanol–water partition coefficient (Wildman–Crippen LogP) is 7.32. The molecule has 0 bridgehead atoms. The number of amides is 1. The summed E-state index contributed by atoms with van der Waals surface area (Å²) >= 11 is 12.1. The fourth-order valence-corrected chi connectivity index (χ4v) is 3.67. The number of phenols is 1. The predicted molar refractivity (Wildman–Crippen MR) is 125 cm³/mol. The second-order valence-corrected chi connectivity index (χ2v) is 8.33. The molecule has 0 unspecified atom stereocenters. The molecule has 0 radical (unpaired) electrons. The zero-order valence-corrected chi connectivity index (χ0v) is 19.3.